The lowest BCUT2D eigenvalue weighted by Gasteiger charge is -2.51. The average molecular weight is 422 g/mol. The molecule has 3 aliphatic rings. The highest BCUT2D eigenvalue weighted by Gasteiger charge is 2.52. The van der Waals surface area contributed by atoms with Crippen molar-refractivity contribution in [2.75, 3.05) is 33.9 Å². The molecule has 31 heavy (non-hydrogen) atoms. The van der Waals surface area contributed by atoms with Gasteiger partial charge in [0.15, 0.2) is 11.5 Å². The second-order valence-electron chi connectivity index (χ2n) is 8.61. The summed E-state index contributed by atoms with van der Waals surface area (Å²) >= 11 is 0. The Kier molecular flexibility index (Phi) is 5.26. The van der Waals surface area contributed by atoms with Gasteiger partial charge in [-0.2, -0.15) is 5.10 Å². The second-order valence-corrected chi connectivity index (χ2v) is 8.61. The molecular weight excluding hydrogens is 390 g/mol. The minimum atomic E-state index is -0.426. The summed E-state index contributed by atoms with van der Waals surface area (Å²) in [7, 11) is 3.41. The Morgan fingerprint density at radius 2 is 1.84 bits per heavy atom. The molecule has 1 saturated heterocycles. The number of hydrogen-bond acceptors (Lipinski definition) is 6. The number of ether oxygens (including phenoxy) is 3. The quantitative estimate of drug-likeness (QED) is 0.714. The summed E-state index contributed by atoms with van der Waals surface area (Å²) in [5.74, 6) is 2.56. The van der Waals surface area contributed by atoms with Crippen molar-refractivity contribution in [1.29, 1.82) is 0 Å². The zero-order valence-electron chi connectivity index (χ0n) is 18.6. The standard InChI is InChI=1S/C25H31N3O3/c1-4-14-27-15-12-25(13-16-27)28-22(20-6-5-7-23(30-3)24(20)31-25)17-21(26-28)18-8-10-19(29-2)11-9-18/h5-11,22H,4,12-17H2,1-3H3/t22-/m1/s1. The van der Waals surface area contributed by atoms with Crippen molar-refractivity contribution in [2.45, 2.75) is 44.4 Å². The van der Waals surface area contributed by atoms with E-state index in [9.17, 15) is 0 Å². The first-order valence-corrected chi connectivity index (χ1v) is 11.3. The van der Waals surface area contributed by atoms with Crippen LogP contribution < -0.4 is 14.2 Å². The van der Waals surface area contributed by atoms with Crippen molar-refractivity contribution in [1.82, 2.24) is 9.91 Å². The first kappa shape index (κ1) is 20.2. The van der Waals surface area contributed by atoms with Gasteiger partial charge in [0.2, 0.25) is 5.72 Å². The highest BCUT2D eigenvalue weighted by molar-refractivity contribution is 6.02. The maximum atomic E-state index is 6.79. The molecule has 6 nitrogen and oxygen atoms in total. The summed E-state index contributed by atoms with van der Waals surface area (Å²) in [5, 5.41) is 7.42. The molecule has 0 amide bonds. The SMILES string of the molecule is CCCN1CCC2(CC1)Oc1c(OC)cccc1[C@H]1CC(c3ccc(OC)cc3)=NN12. The summed E-state index contributed by atoms with van der Waals surface area (Å²) in [6.45, 7) is 5.42. The predicted octanol–water partition coefficient (Wildman–Crippen LogP) is 4.45. The summed E-state index contributed by atoms with van der Waals surface area (Å²) in [5.41, 5.74) is 2.97. The molecule has 0 aliphatic carbocycles. The van der Waals surface area contributed by atoms with Gasteiger partial charge < -0.3 is 19.1 Å². The van der Waals surface area contributed by atoms with Crippen molar-refractivity contribution in [3.8, 4) is 17.2 Å². The third-order valence-corrected chi connectivity index (χ3v) is 6.81. The van der Waals surface area contributed by atoms with E-state index in [4.69, 9.17) is 19.3 Å². The van der Waals surface area contributed by atoms with E-state index in [2.05, 4.69) is 35.0 Å². The van der Waals surface area contributed by atoms with Gasteiger partial charge in [-0.1, -0.05) is 19.1 Å². The predicted molar refractivity (Wildman–Crippen MR) is 121 cm³/mol. The zero-order valence-corrected chi connectivity index (χ0v) is 18.6. The number of hydrazone groups is 1. The molecule has 1 atom stereocenters. The molecule has 1 fully saturated rings. The Morgan fingerprint density at radius 3 is 2.52 bits per heavy atom. The molecule has 2 aromatic rings. The molecule has 0 bridgehead atoms. The van der Waals surface area contributed by atoms with E-state index < -0.39 is 5.72 Å². The molecule has 0 N–H and O–H groups in total. The molecule has 1 spiro atoms. The van der Waals surface area contributed by atoms with Crippen LogP contribution in [0.1, 0.15) is 49.8 Å². The van der Waals surface area contributed by atoms with E-state index in [1.54, 1.807) is 14.2 Å². The fourth-order valence-electron chi connectivity index (χ4n) is 5.16. The van der Waals surface area contributed by atoms with Gasteiger partial charge in [-0.15, -0.1) is 0 Å². The van der Waals surface area contributed by atoms with Crippen LogP contribution >= 0.6 is 0 Å². The Bertz CT molecular complexity index is 964. The van der Waals surface area contributed by atoms with Crippen molar-refractivity contribution in [2.24, 2.45) is 5.10 Å². The fourth-order valence-corrected chi connectivity index (χ4v) is 5.16. The Balaban J connectivity index is 1.53. The van der Waals surface area contributed by atoms with Crippen LogP contribution in [0.3, 0.4) is 0 Å². The average Bonchev–Trinajstić information content (AvgIpc) is 3.27. The number of rotatable bonds is 5. The van der Waals surface area contributed by atoms with Crippen LogP contribution in [-0.4, -0.2) is 55.2 Å². The third-order valence-electron chi connectivity index (χ3n) is 6.81. The van der Waals surface area contributed by atoms with Crippen LogP contribution in [0.4, 0.5) is 0 Å². The summed E-state index contributed by atoms with van der Waals surface area (Å²) in [6.07, 6.45) is 3.90. The summed E-state index contributed by atoms with van der Waals surface area (Å²) in [4.78, 5) is 2.53. The number of hydrogen-bond donors (Lipinski definition) is 0. The van der Waals surface area contributed by atoms with E-state index in [0.29, 0.717) is 0 Å². The number of methoxy groups -OCH3 is 2. The minimum absolute atomic E-state index is 0.161. The number of fused-ring (bicyclic) bond motifs is 4. The molecule has 0 unspecified atom stereocenters. The first-order chi connectivity index (χ1) is 15.2. The number of para-hydroxylation sites is 1. The van der Waals surface area contributed by atoms with Gasteiger partial charge in [0, 0.05) is 37.9 Å². The second kappa shape index (κ2) is 8.08. The molecule has 2 aromatic carbocycles. The van der Waals surface area contributed by atoms with Crippen LogP contribution in [0, 0.1) is 0 Å². The Hall–Kier alpha value is -2.73. The highest BCUT2D eigenvalue weighted by Crippen LogP contribution is 2.52. The van der Waals surface area contributed by atoms with Crippen molar-refractivity contribution < 1.29 is 14.2 Å². The number of piperidine rings is 1. The Labute approximate surface area is 184 Å². The monoisotopic (exact) mass is 421 g/mol. The van der Waals surface area contributed by atoms with Crippen LogP contribution in [0.2, 0.25) is 0 Å². The van der Waals surface area contributed by atoms with Crippen LogP contribution in [-0.2, 0) is 0 Å². The molecule has 0 saturated carbocycles. The van der Waals surface area contributed by atoms with Crippen LogP contribution in [0.25, 0.3) is 0 Å². The number of benzene rings is 2. The maximum absolute atomic E-state index is 6.79. The van der Waals surface area contributed by atoms with Gasteiger partial charge in [-0.05, 0) is 48.9 Å². The topological polar surface area (TPSA) is 46.5 Å². The molecule has 0 radical (unpaired) electrons. The van der Waals surface area contributed by atoms with E-state index in [1.807, 2.05) is 24.3 Å². The fraction of sp³-hybridized carbons (Fsp3) is 0.480. The number of nitrogens with zero attached hydrogens (tertiary/aromatic N) is 3. The molecule has 164 valence electrons. The first-order valence-electron chi connectivity index (χ1n) is 11.3. The molecule has 3 aliphatic heterocycles. The molecule has 5 rings (SSSR count). The van der Waals surface area contributed by atoms with E-state index in [0.717, 1.165) is 73.0 Å². The van der Waals surface area contributed by atoms with Crippen molar-refractivity contribution in [3.63, 3.8) is 0 Å². The van der Waals surface area contributed by atoms with Crippen LogP contribution in [0.15, 0.2) is 47.6 Å². The molecule has 6 heteroatoms. The minimum Gasteiger partial charge on any atom is -0.497 e. The molecule has 0 aromatic heterocycles. The van der Waals surface area contributed by atoms with Gasteiger partial charge >= 0.3 is 0 Å². The van der Waals surface area contributed by atoms with Gasteiger partial charge in [0.25, 0.3) is 0 Å². The number of likely N-dealkylation sites (tertiary alicyclic amines) is 1. The molecular formula is C25H31N3O3. The van der Waals surface area contributed by atoms with E-state index in [-0.39, 0.29) is 6.04 Å². The van der Waals surface area contributed by atoms with Gasteiger partial charge in [-0.25, -0.2) is 5.01 Å². The lowest BCUT2D eigenvalue weighted by molar-refractivity contribution is -0.150. The van der Waals surface area contributed by atoms with Gasteiger partial charge in [0.1, 0.15) is 5.75 Å². The summed E-state index contributed by atoms with van der Waals surface area (Å²) in [6, 6.07) is 14.6. The highest BCUT2D eigenvalue weighted by atomic mass is 16.5. The third kappa shape index (κ3) is 3.43. The van der Waals surface area contributed by atoms with Gasteiger partial charge in [0.05, 0.1) is 26.0 Å². The van der Waals surface area contributed by atoms with Gasteiger partial charge in [-0.3, -0.25) is 0 Å². The smallest absolute Gasteiger partial charge is 0.200 e. The van der Waals surface area contributed by atoms with Crippen molar-refractivity contribution >= 4 is 5.71 Å². The Morgan fingerprint density at radius 1 is 1.06 bits per heavy atom. The van der Waals surface area contributed by atoms with E-state index >= 15 is 0 Å². The lowest BCUT2D eigenvalue weighted by Crippen LogP contribution is -2.59. The molecule has 3 heterocycles. The summed E-state index contributed by atoms with van der Waals surface area (Å²) < 4.78 is 17.8. The van der Waals surface area contributed by atoms with Crippen molar-refractivity contribution in [3.05, 3.63) is 53.6 Å². The van der Waals surface area contributed by atoms with E-state index in [1.165, 1.54) is 6.42 Å². The lowest BCUT2D eigenvalue weighted by atomic mass is 9.90. The normalized spacial score (nSPS) is 21.8. The zero-order chi connectivity index (χ0) is 21.4. The van der Waals surface area contributed by atoms with Crippen LogP contribution in [0.5, 0.6) is 17.2 Å². The largest absolute Gasteiger partial charge is 0.497 e. The maximum Gasteiger partial charge on any atom is 0.200 e.